The molecule has 0 saturated carbocycles. The Bertz CT molecular complexity index is 264. The predicted molar refractivity (Wildman–Crippen MR) is 40.4 cm³/mol. The van der Waals surface area contributed by atoms with Crippen LogP contribution in [0, 0.1) is 0 Å². The topological polar surface area (TPSA) is 122 Å². The summed E-state index contributed by atoms with van der Waals surface area (Å²) in [4.78, 5) is 0. The van der Waals surface area contributed by atoms with E-state index in [1.807, 2.05) is 0 Å². The maximum Gasteiger partial charge on any atom is 0.128 e. The lowest BCUT2D eigenvalue weighted by Gasteiger charge is -2.13. The minimum Gasteiger partial charge on any atom is -0.394 e. The number of rotatable bonds is 4. The molecule has 0 amide bonds. The molecule has 7 heteroatoms. The summed E-state index contributed by atoms with van der Waals surface area (Å²) in [6, 6.07) is 0. The van der Waals surface area contributed by atoms with Gasteiger partial charge in [-0.3, -0.25) is 0 Å². The van der Waals surface area contributed by atoms with E-state index >= 15 is 0 Å². The lowest BCUT2D eigenvalue weighted by atomic mass is 10.1. The van der Waals surface area contributed by atoms with Gasteiger partial charge >= 0.3 is 0 Å². The van der Waals surface area contributed by atoms with Gasteiger partial charge in [0.05, 0.1) is 13.2 Å². The fourth-order valence-corrected chi connectivity index (χ4v) is 0.896. The van der Waals surface area contributed by atoms with Crippen LogP contribution in [0.2, 0.25) is 0 Å². The van der Waals surface area contributed by atoms with Gasteiger partial charge in [-0.25, -0.2) is 0 Å². The molecule has 2 unspecified atom stereocenters. The Labute approximate surface area is 73.7 Å². The number of hydrogen-bond donors (Lipinski definition) is 5. The maximum absolute atomic E-state index is 9.35. The molecule has 7 nitrogen and oxygen atoms in total. The minimum atomic E-state index is -1.34. The van der Waals surface area contributed by atoms with Gasteiger partial charge in [-0.1, -0.05) is 0 Å². The predicted octanol–water partition coefficient (Wildman–Crippen LogP) is -2.32. The Kier molecular flexibility index (Phi) is 3.32. The van der Waals surface area contributed by atoms with Crippen molar-refractivity contribution in [3.05, 3.63) is 11.4 Å². The molecule has 1 rings (SSSR count). The summed E-state index contributed by atoms with van der Waals surface area (Å²) in [7, 11) is 0. The van der Waals surface area contributed by atoms with Crippen LogP contribution in [0.3, 0.4) is 0 Å². The number of H-pyrrole nitrogens is 1. The van der Waals surface area contributed by atoms with E-state index in [1.54, 1.807) is 0 Å². The molecule has 2 atom stereocenters. The number of aliphatic hydroxyl groups excluding tert-OH is 4. The van der Waals surface area contributed by atoms with Gasteiger partial charge in [0.2, 0.25) is 0 Å². The van der Waals surface area contributed by atoms with E-state index in [-0.39, 0.29) is 18.0 Å². The second kappa shape index (κ2) is 4.28. The first-order chi connectivity index (χ1) is 6.20. The smallest absolute Gasteiger partial charge is 0.128 e. The Morgan fingerprint density at radius 3 is 2.46 bits per heavy atom. The van der Waals surface area contributed by atoms with Gasteiger partial charge in [0.15, 0.2) is 0 Å². The molecule has 5 N–H and O–H groups in total. The molecule has 1 heterocycles. The van der Waals surface area contributed by atoms with Crippen molar-refractivity contribution < 1.29 is 20.4 Å². The summed E-state index contributed by atoms with van der Waals surface area (Å²) in [5.41, 5.74) is 0.198. The second-order valence-electron chi connectivity index (χ2n) is 2.51. The highest BCUT2D eigenvalue weighted by Gasteiger charge is 2.23. The first-order valence-corrected chi connectivity index (χ1v) is 3.68. The van der Waals surface area contributed by atoms with E-state index in [0.717, 1.165) is 0 Å². The molecule has 74 valence electrons. The van der Waals surface area contributed by atoms with Gasteiger partial charge in [-0.2, -0.15) is 15.4 Å². The van der Waals surface area contributed by atoms with Crippen molar-refractivity contribution in [2.45, 2.75) is 18.8 Å². The number of aromatic amines is 1. The van der Waals surface area contributed by atoms with Crippen molar-refractivity contribution >= 4 is 0 Å². The van der Waals surface area contributed by atoms with E-state index in [9.17, 15) is 5.11 Å². The van der Waals surface area contributed by atoms with Crippen molar-refractivity contribution in [2.24, 2.45) is 0 Å². The molecular formula is C6H11N3O4. The summed E-state index contributed by atoms with van der Waals surface area (Å²) in [6.45, 7) is -0.972. The van der Waals surface area contributed by atoms with E-state index in [2.05, 4.69) is 15.4 Å². The van der Waals surface area contributed by atoms with Crippen LogP contribution >= 0.6 is 0 Å². The van der Waals surface area contributed by atoms with Crippen LogP contribution in [0.5, 0.6) is 0 Å². The van der Waals surface area contributed by atoms with Gasteiger partial charge in [0.1, 0.15) is 23.6 Å². The molecule has 0 aliphatic rings. The molecule has 0 fully saturated rings. The average molecular weight is 189 g/mol. The third-order valence-electron chi connectivity index (χ3n) is 1.63. The summed E-state index contributed by atoms with van der Waals surface area (Å²) in [5.74, 6) is 0. The number of aliphatic hydroxyl groups is 4. The highest BCUT2D eigenvalue weighted by molar-refractivity contribution is 5.11. The third kappa shape index (κ3) is 2.01. The molecule has 1 aromatic heterocycles. The molecule has 0 spiro atoms. The number of nitrogens with one attached hydrogen (secondary N) is 1. The average Bonchev–Trinajstić information content (AvgIpc) is 2.62. The lowest BCUT2D eigenvalue weighted by molar-refractivity contribution is -0.0181. The highest BCUT2D eigenvalue weighted by Crippen LogP contribution is 2.16. The molecule has 1 aromatic rings. The minimum absolute atomic E-state index is 0.0454. The van der Waals surface area contributed by atoms with E-state index in [0.29, 0.717) is 0 Å². The lowest BCUT2D eigenvalue weighted by Crippen LogP contribution is -2.23. The van der Waals surface area contributed by atoms with Gasteiger partial charge < -0.3 is 20.4 Å². The largest absolute Gasteiger partial charge is 0.394 e. The zero-order valence-electron chi connectivity index (χ0n) is 6.75. The van der Waals surface area contributed by atoms with Crippen LogP contribution in [-0.2, 0) is 6.61 Å². The summed E-state index contributed by atoms with van der Waals surface area (Å²) >= 11 is 0. The normalized spacial score (nSPS) is 15.7. The summed E-state index contributed by atoms with van der Waals surface area (Å²) < 4.78 is 0. The second-order valence-corrected chi connectivity index (χ2v) is 2.51. The van der Waals surface area contributed by atoms with Crippen LogP contribution in [0.1, 0.15) is 17.5 Å². The van der Waals surface area contributed by atoms with Crippen molar-refractivity contribution in [2.75, 3.05) is 6.61 Å². The fraction of sp³-hybridized carbons (Fsp3) is 0.667. The van der Waals surface area contributed by atoms with E-state index in [4.69, 9.17) is 15.3 Å². The van der Waals surface area contributed by atoms with Crippen LogP contribution < -0.4 is 0 Å². The van der Waals surface area contributed by atoms with Gasteiger partial charge in [-0.15, -0.1) is 0 Å². The van der Waals surface area contributed by atoms with Gasteiger partial charge in [-0.05, 0) is 0 Å². The molecule has 0 radical (unpaired) electrons. The number of aromatic nitrogens is 3. The van der Waals surface area contributed by atoms with Gasteiger partial charge in [0, 0.05) is 0 Å². The first-order valence-electron chi connectivity index (χ1n) is 3.68. The zero-order chi connectivity index (χ0) is 9.84. The van der Waals surface area contributed by atoms with Gasteiger partial charge in [0.25, 0.3) is 0 Å². The van der Waals surface area contributed by atoms with E-state index < -0.39 is 18.8 Å². The van der Waals surface area contributed by atoms with Crippen LogP contribution in [0.15, 0.2) is 0 Å². The monoisotopic (exact) mass is 189 g/mol. The van der Waals surface area contributed by atoms with Crippen molar-refractivity contribution in [3.63, 3.8) is 0 Å². The molecule has 0 aliphatic heterocycles. The zero-order valence-corrected chi connectivity index (χ0v) is 6.75. The SMILES string of the molecule is OCc1n[nH]nc1C(O)C(O)CO. The number of nitrogens with zero attached hydrogens (tertiary/aromatic N) is 2. The molecule has 0 saturated heterocycles. The maximum atomic E-state index is 9.35. The van der Waals surface area contributed by atoms with E-state index in [1.165, 1.54) is 0 Å². The standard InChI is InChI=1S/C6H11N3O4/c10-1-3-5(8-9-7-3)6(13)4(12)2-11/h4,6,10-13H,1-2H2,(H,7,8,9). The molecular weight excluding hydrogens is 178 g/mol. The molecule has 13 heavy (non-hydrogen) atoms. The number of hydrogen-bond acceptors (Lipinski definition) is 6. The molecule has 0 aromatic carbocycles. The first kappa shape index (κ1) is 10.1. The quantitative estimate of drug-likeness (QED) is 0.362. The van der Waals surface area contributed by atoms with Crippen molar-refractivity contribution in [3.8, 4) is 0 Å². The van der Waals surface area contributed by atoms with Crippen LogP contribution in [0.25, 0.3) is 0 Å². The van der Waals surface area contributed by atoms with Crippen molar-refractivity contribution in [1.29, 1.82) is 0 Å². The van der Waals surface area contributed by atoms with Crippen LogP contribution in [-0.4, -0.2) is 48.5 Å². The summed E-state index contributed by atoms with van der Waals surface area (Å²) in [5, 5.41) is 44.9. The Morgan fingerprint density at radius 1 is 1.23 bits per heavy atom. The molecule has 0 aliphatic carbocycles. The van der Waals surface area contributed by atoms with Crippen LogP contribution in [0.4, 0.5) is 0 Å². The Hall–Kier alpha value is -1.02. The third-order valence-corrected chi connectivity index (χ3v) is 1.63. The Morgan fingerprint density at radius 2 is 1.92 bits per heavy atom. The highest BCUT2D eigenvalue weighted by atomic mass is 16.4. The fourth-order valence-electron chi connectivity index (χ4n) is 0.896. The molecule has 0 bridgehead atoms. The summed E-state index contributed by atoms with van der Waals surface area (Å²) in [6.07, 6.45) is -2.67. The van der Waals surface area contributed by atoms with Crippen molar-refractivity contribution in [1.82, 2.24) is 15.4 Å². The Balaban J connectivity index is 2.81.